The highest BCUT2D eigenvalue weighted by Gasteiger charge is 2.52. The zero-order valence-electron chi connectivity index (χ0n) is 14.4. The Morgan fingerprint density at radius 1 is 1.23 bits per heavy atom. The zero-order valence-corrected chi connectivity index (χ0v) is 14.4. The van der Waals surface area contributed by atoms with Crippen LogP contribution >= 0.6 is 0 Å². The molecule has 2 aromatic rings. The van der Waals surface area contributed by atoms with Crippen LogP contribution in [-0.4, -0.2) is 30.6 Å². The standard InChI is InChI=1S/C20H20FNO4/c1-26-17-12-14(18(23)24)7-6-13(17)8-11-22-19(25)20(9-10-20)15-4-2-3-5-16(15)21/h2-7,12H,8-11H2,1H3,(H,22,25)(H,23,24). The largest absolute Gasteiger partial charge is 0.496 e. The zero-order chi connectivity index (χ0) is 18.7. The maximum absolute atomic E-state index is 14.0. The number of carboxylic acids is 1. The number of carboxylic acid groups (broad SMARTS) is 1. The highest BCUT2D eigenvalue weighted by Crippen LogP contribution is 2.49. The number of benzene rings is 2. The van der Waals surface area contributed by atoms with Gasteiger partial charge in [-0.25, -0.2) is 9.18 Å². The number of carbonyl (C=O) groups is 2. The molecule has 0 saturated heterocycles. The molecule has 3 rings (SSSR count). The number of amides is 1. The Hall–Kier alpha value is -2.89. The Bertz CT molecular complexity index is 845. The van der Waals surface area contributed by atoms with Gasteiger partial charge in [0.1, 0.15) is 11.6 Å². The topological polar surface area (TPSA) is 75.6 Å². The van der Waals surface area contributed by atoms with Gasteiger partial charge in [0, 0.05) is 12.1 Å². The summed E-state index contributed by atoms with van der Waals surface area (Å²) in [6, 6.07) is 11.0. The van der Waals surface area contributed by atoms with Crippen LogP contribution in [-0.2, 0) is 16.6 Å². The van der Waals surface area contributed by atoms with Crippen molar-refractivity contribution in [1.82, 2.24) is 5.32 Å². The van der Waals surface area contributed by atoms with Crippen LogP contribution in [0.5, 0.6) is 5.75 Å². The van der Waals surface area contributed by atoms with Gasteiger partial charge in [-0.15, -0.1) is 0 Å². The third-order valence-electron chi connectivity index (χ3n) is 4.79. The smallest absolute Gasteiger partial charge is 0.335 e. The Morgan fingerprint density at radius 3 is 2.58 bits per heavy atom. The van der Waals surface area contributed by atoms with Crippen molar-refractivity contribution in [3.63, 3.8) is 0 Å². The van der Waals surface area contributed by atoms with E-state index in [1.807, 2.05) is 0 Å². The molecule has 1 saturated carbocycles. The number of carbonyl (C=O) groups excluding carboxylic acids is 1. The van der Waals surface area contributed by atoms with Crippen LogP contribution < -0.4 is 10.1 Å². The van der Waals surface area contributed by atoms with Gasteiger partial charge in [0.25, 0.3) is 0 Å². The summed E-state index contributed by atoms with van der Waals surface area (Å²) < 4.78 is 19.3. The molecule has 1 fully saturated rings. The number of nitrogens with one attached hydrogen (secondary N) is 1. The average Bonchev–Trinajstić information content (AvgIpc) is 3.43. The molecule has 0 atom stereocenters. The normalized spacial score (nSPS) is 14.5. The molecular formula is C20H20FNO4. The minimum Gasteiger partial charge on any atom is -0.496 e. The molecule has 0 radical (unpaired) electrons. The van der Waals surface area contributed by atoms with Crippen molar-refractivity contribution in [2.75, 3.05) is 13.7 Å². The summed E-state index contributed by atoms with van der Waals surface area (Å²) in [7, 11) is 1.47. The van der Waals surface area contributed by atoms with Crippen LogP contribution in [0.1, 0.15) is 34.3 Å². The molecule has 5 nitrogen and oxygen atoms in total. The Balaban J connectivity index is 1.64. The quantitative estimate of drug-likeness (QED) is 0.799. The molecule has 2 N–H and O–H groups in total. The van der Waals surface area contributed by atoms with Gasteiger partial charge in [0.2, 0.25) is 5.91 Å². The lowest BCUT2D eigenvalue weighted by molar-refractivity contribution is -0.123. The first kappa shape index (κ1) is 17.9. The summed E-state index contributed by atoms with van der Waals surface area (Å²) >= 11 is 0. The van der Waals surface area contributed by atoms with Crippen molar-refractivity contribution in [3.05, 3.63) is 65.0 Å². The summed E-state index contributed by atoms with van der Waals surface area (Å²) in [5, 5.41) is 11.9. The summed E-state index contributed by atoms with van der Waals surface area (Å²) in [6.45, 7) is 0.359. The van der Waals surface area contributed by atoms with Crippen molar-refractivity contribution in [3.8, 4) is 5.75 Å². The van der Waals surface area contributed by atoms with Crippen LogP contribution in [0.15, 0.2) is 42.5 Å². The molecule has 136 valence electrons. The summed E-state index contributed by atoms with van der Waals surface area (Å²) in [6.07, 6.45) is 1.76. The second-order valence-corrected chi connectivity index (χ2v) is 6.40. The van der Waals surface area contributed by atoms with E-state index in [9.17, 15) is 14.0 Å². The Labute approximate surface area is 150 Å². The van der Waals surface area contributed by atoms with Gasteiger partial charge >= 0.3 is 5.97 Å². The fourth-order valence-corrected chi connectivity index (χ4v) is 3.16. The van der Waals surface area contributed by atoms with Gasteiger partial charge in [-0.05, 0) is 43.0 Å². The van der Waals surface area contributed by atoms with Crippen LogP contribution in [0.3, 0.4) is 0 Å². The van der Waals surface area contributed by atoms with E-state index in [-0.39, 0.29) is 17.3 Å². The first-order valence-electron chi connectivity index (χ1n) is 8.41. The van der Waals surface area contributed by atoms with Crippen LogP contribution in [0.4, 0.5) is 4.39 Å². The van der Waals surface area contributed by atoms with E-state index in [1.54, 1.807) is 24.3 Å². The van der Waals surface area contributed by atoms with Gasteiger partial charge in [0.15, 0.2) is 0 Å². The van der Waals surface area contributed by atoms with Crippen LogP contribution in [0, 0.1) is 5.82 Å². The maximum atomic E-state index is 14.0. The summed E-state index contributed by atoms with van der Waals surface area (Å²) in [5.74, 6) is -1.09. The Morgan fingerprint density at radius 2 is 1.96 bits per heavy atom. The average molecular weight is 357 g/mol. The molecule has 0 aromatic heterocycles. The molecule has 0 spiro atoms. The SMILES string of the molecule is COc1cc(C(=O)O)ccc1CCNC(=O)C1(c2ccccc2F)CC1. The molecule has 26 heavy (non-hydrogen) atoms. The van der Waals surface area contributed by atoms with Crippen molar-refractivity contribution < 1.29 is 23.8 Å². The number of ether oxygens (including phenoxy) is 1. The molecule has 1 aliphatic rings. The molecule has 0 unspecified atom stereocenters. The molecule has 2 aromatic carbocycles. The summed E-state index contributed by atoms with van der Waals surface area (Å²) in [4.78, 5) is 23.6. The van der Waals surface area contributed by atoms with Crippen molar-refractivity contribution in [1.29, 1.82) is 0 Å². The van der Waals surface area contributed by atoms with Gasteiger partial charge in [-0.1, -0.05) is 24.3 Å². The van der Waals surface area contributed by atoms with Crippen molar-refractivity contribution in [2.45, 2.75) is 24.7 Å². The lowest BCUT2D eigenvalue weighted by atomic mass is 9.94. The predicted octanol–water partition coefficient (Wildman–Crippen LogP) is 2.92. The van der Waals surface area contributed by atoms with Gasteiger partial charge < -0.3 is 15.2 Å². The number of aromatic carboxylic acids is 1. The second-order valence-electron chi connectivity index (χ2n) is 6.40. The molecule has 1 aliphatic carbocycles. The van der Waals surface area contributed by atoms with E-state index < -0.39 is 11.4 Å². The molecule has 0 heterocycles. The lowest BCUT2D eigenvalue weighted by Gasteiger charge is -2.17. The maximum Gasteiger partial charge on any atom is 0.335 e. The third-order valence-corrected chi connectivity index (χ3v) is 4.79. The van der Waals surface area contributed by atoms with E-state index in [2.05, 4.69) is 5.32 Å². The minimum absolute atomic E-state index is 0.145. The van der Waals surface area contributed by atoms with Gasteiger partial charge in [-0.2, -0.15) is 0 Å². The molecule has 0 aliphatic heterocycles. The number of methoxy groups -OCH3 is 1. The number of hydrogen-bond acceptors (Lipinski definition) is 3. The molecular weight excluding hydrogens is 337 g/mol. The Kier molecular flexibility index (Phi) is 4.93. The number of hydrogen-bond donors (Lipinski definition) is 2. The fourth-order valence-electron chi connectivity index (χ4n) is 3.16. The number of rotatable bonds is 7. The molecule has 0 bridgehead atoms. The van der Waals surface area contributed by atoms with Gasteiger partial charge in [-0.3, -0.25) is 4.79 Å². The minimum atomic E-state index is -1.02. The van der Waals surface area contributed by atoms with Crippen molar-refractivity contribution >= 4 is 11.9 Å². The summed E-state index contributed by atoms with van der Waals surface area (Å²) in [5.41, 5.74) is 0.628. The van der Waals surface area contributed by atoms with E-state index in [0.717, 1.165) is 5.56 Å². The predicted molar refractivity (Wildman–Crippen MR) is 94.0 cm³/mol. The fraction of sp³-hybridized carbons (Fsp3) is 0.300. The van der Waals surface area contributed by atoms with E-state index in [0.29, 0.717) is 37.1 Å². The first-order chi connectivity index (χ1) is 12.5. The highest BCUT2D eigenvalue weighted by molar-refractivity contribution is 5.91. The van der Waals surface area contributed by atoms with Crippen molar-refractivity contribution in [2.24, 2.45) is 0 Å². The van der Waals surface area contributed by atoms with Crippen LogP contribution in [0.25, 0.3) is 0 Å². The third kappa shape index (κ3) is 3.40. The van der Waals surface area contributed by atoms with E-state index >= 15 is 0 Å². The molecule has 1 amide bonds. The van der Waals surface area contributed by atoms with Crippen LogP contribution in [0.2, 0.25) is 0 Å². The monoisotopic (exact) mass is 357 g/mol. The highest BCUT2D eigenvalue weighted by atomic mass is 19.1. The molecule has 6 heteroatoms. The lowest BCUT2D eigenvalue weighted by Crippen LogP contribution is -2.36. The second kappa shape index (κ2) is 7.15. The first-order valence-corrected chi connectivity index (χ1v) is 8.41. The van der Waals surface area contributed by atoms with E-state index in [1.165, 1.54) is 25.3 Å². The van der Waals surface area contributed by atoms with Gasteiger partial charge in [0.05, 0.1) is 18.1 Å². The number of halogens is 1. The van der Waals surface area contributed by atoms with E-state index in [4.69, 9.17) is 9.84 Å².